The number of aryl methyl sites for hydroxylation is 1. The number of rotatable bonds is 6. The fraction of sp³-hybridized carbons (Fsp3) is 0.250. The summed E-state index contributed by atoms with van der Waals surface area (Å²) in [5.74, 6) is -5.51. The van der Waals surface area contributed by atoms with Crippen molar-refractivity contribution in [3.63, 3.8) is 0 Å². The van der Waals surface area contributed by atoms with Gasteiger partial charge in [-0.3, -0.25) is 9.78 Å². The van der Waals surface area contributed by atoms with Gasteiger partial charge < -0.3 is 10.4 Å². The van der Waals surface area contributed by atoms with Gasteiger partial charge in [0.1, 0.15) is 5.82 Å². The number of aromatic nitrogens is 1. The number of hydrogen-bond acceptors (Lipinski definition) is 3. The Hall–Kier alpha value is -2.48. The van der Waals surface area contributed by atoms with Crippen LogP contribution in [0.2, 0.25) is 0 Å². The maximum Gasteiger partial charge on any atom is 0.220 e. The molecule has 1 heterocycles. The Bertz CT molecular complexity index is 717. The molecule has 0 spiro atoms. The molecule has 0 bridgehead atoms. The van der Waals surface area contributed by atoms with Crippen molar-refractivity contribution in [2.45, 2.75) is 18.9 Å². The van der Waals surface area contributed by atoms with Crippen molar-refractivity contribution < 1.29 is 27.5 Å². The molecule has 1 atom stereocenters. The fourth-order valence-corrected chi connectivity index (χ4v) is 2.13. The van der Waals surface area contributed by atoms with E-state index in [-0.39, 0.29) is 18.4 Å². The minimum atomic E-state index is -1.62. The average molecular weight is 342 g/mol. The molecule has 128 valence electrons. The highest BCUT2D eigenvalue weighted by Gasteiger charge is 2.18. The Labute approximate surface area is 135 Å². The molecule has 1 amide bonds. The number of amides is 1. The largest absolute Gasteiger partial charge is 0.394 e. The summed E-state index contributed by atoms with van der Waals surface area (Å²) < 4.78 is 52.4. The van der Waals surface area contributed by atoms with Gasteiger partial charge in [-0.1, -0.05) is 0 Å². The van der Waals surface area contributed by atoms with Crippen LogP contribution in [0.15, 0.2) is 30.6 Å². The van der Waals surface area contributed by atoms with Crippen LogP contribution in [0, 0.1) is 23.3 Å². The molecular formula is C16H14F4N2O2. The van der Waals surface area contributed by atoms with Crippen molar-refractivity contribution in [3.05, 3.63) is 65.0 Å². The first-order valence-corrected chi connectivity index (χ1v) is 7.04. The normalized spacial score (nSPS) is 12.0. The number of aliphatic hydroxyl groups is 1. The highest BCUT2D eigenvalue weighted by atomic mass is 19.2. The van der Waals surface area contributed by atoms with Gasteiger partial charge in [0.05, 0.1) is 18.8 Å². The molecule has 8 heteroatoms. The lowest BCUT2D eigenvalue weighted by Gasteiger charge is -2.17. The van der Waals surface area contributed by atoms with Crippen LogP contribution in [-0.2, 0) is 11.2 Å². The number of hydrogen-bond donors (Lipinski definition) is 2. The first kappa shape index (κ1) is 17.9. The molecule has 0 fully saturated rings. The first-order valence-electron chi connectivity index (χ1n) is 7.04. The van der Waals surface area contributed by atoms with Crippen molar-refractivity contribution in [2.24, 2.45) is 0 Å². The zero-order valence-electron chi connectivity index (χ0n) is 12.4. The molecule has 1 aromatic heterocycles. The number of aliphatic hydroxyl groups excluding tert-OH is 1. The van der Waals surface area contributed by atoms with E-state index in [4.69, 9.17) is 0 Å². The van der Waals surface area contributed by atoms with Crippen LogP contribution in [0.3, 0.4) is 0 Å². The smallest absolute Gasteiger partial charge is 0.220 e. The Morgan fingerprint density at radius 2 is 1.79 bits per heavy atom. The Balaban J connectivity index is 2.00. The van der Waals surface area contributed by atoms with Gasteiger partial charge in [0.15, 0.2) is 17.5 Å². The van der Waals surface area contributed by atoms with Gasteiger partial charge in [0.25, 0.3) is 0 Å². The molecule has 24 heavy (non-hydrogen) atoms. The zero-order valence-corrected chi connectivity index (χ0v) is 12.4. The number of nitrogens with one attached hydrogen (secondary N) is 1. The average Bonchev–Trinajstić information content (AvgIpc) is 2.55. The van der Waals surface area contributed by atoms with Crippen molar-refractivity contribution in [2.75, 3.05) is 6.61 Å². The predicted molar refractivity (Wildman–Crippen MR) is 76.8 cm³/mol. The molecule has 0 aliphatic carbocycles. The van der Waals surface area contributed by atoms with E-state index >= 15 is 0 Å². The minimum absolute atomic E-state index is 0.0478. The van der Waals surface area contributed by atoms with Gasteiger partial charge in [0.2, 0.25) is 5.91 Å². The molecule has 0 saturated carbocycles. The van der Waals surface area contributed by atoms with E-state index in [1.807, 2.05) is 0 Å². The SMILES string of the molecule is O=C(CCc1cncc(F)c1)NC(CO)c1cc(F)c(F)c(F)c1. The third-order valence-corrected chi connectivity index (χ3v) is 3.33. The highest BCUT2D eigenvalue weighted by molar-refractivity contribution is 5.76. The number of benzene rings is 1. The second-order valence-corrected chi connectivity index (χ2v) is 5.11. The van der Waals surface area contributed by atoms with Crippen LogP contribution in [-0.4, -0.2) is 22.6 Å². The summed E-state index contributed by atoms with van der Waals surface area (Å²) in [6.45, 7) is -0.627. The third-order valence-electron chi connectivity index (χ3n) is 3.33. The maximum atomic E-state index is 13.2. The minimum Gasteiger partial charge on any atom is -0.394 e. The second kappa shape index (κ2) is 7.87. The molecule has 0 aliphatic rings. The molecule has 0 aliphatic heterocycles. The van der Waals surface area contributed by atoms with Gasteiger partial charge in [-0.15, -0.1) is 0 Å². The van der Waals surface area contributed by atoms with Crippen LogP contribution in [0.25, 0.3) is 0 Å². The van der Waals surface area contributed by atoms with E-state index in [0.29, 0.717) is 17.7 Å². The van der Waals surface area contributed by atoms with E-state index in [0.717, 1.165) is 6.20 Å². The second-order valence-electron chi connectivity index (χ2n) is 5.11. The monoisotopic (exact) mass is 342 g/mol. The van der Waals surface area contributed by atoms with E-state index in [9.17, 15) is 27.5 Å². The number of carbonyl (C=O) groups excluding carboxylic acids is 1. The molecule has 1 unspecified atom stereocenters. The predicted octanol–water partition coefficient (Wildman–Crippen LogP) is 2.42. The van der Waals surface area contributed by atoms with Crippen LogP contribution >= 0.6 is 0 Å². The first-order chi connectivity index (χ1) is 11.4. The summed E-state index contributed by atoms with van der Waals surface area (Å²) in [7, 11) is 0. The number of pyridine rings is 1. The van der Waals surface area contributed by atoms with Crippen LogP contribution < -0.4 is 5.32 Å². The van der Waals surface area contributed by atoms with Gasteiger partial charge in [-0.25, -0.2) is 17.6 Å². The lowest BCUT2D eigenvalue weighted by Crippen LogP contribution is -2.31. The van der Waals surface area contributed by atoms with Crippen molar-refractivity contribution in [1.29, 1.82) is 0 Å². The maximum absolute atomic E-state index is 13.2. The number of halogens is 4. The van der Waals surface area contributed by atoms with Gasteiger partial charge >= 0.3 is 0 Å². The molecular weight excluding hydrogens is 328 g/mol. The fourth-order valence-electron chi connectivity index (χ4n) is 2.13. The van der Waals surface area contributed by atoms with Gasteiger partial charge in [-0.05, 0) is 35.7 Å². The highest BCUT2D eigenvalue weighted by Crippen LogP contribution is 2.19. The summed E-state index contributed by atoms with van der Waals surface area (Å²) in [6, 6.07) is 1.55. The molecule has 1 aromatic carbocycles. The van der Waals surface area contributed by atoms with E-state index in [1.165, 1.54) is 12.3 Å². The summed E-state index contributed by atoms with van der Waals surface area (Å²) in [4.78, 5) is 15.5. The molecule has 0 radical (unpaired) electrons. The van der Waals surface area contributed by atoms with E-state index < -0.39 is 41.8 Å². The molecule has 0 saturated heterocycles. The van der Waals surface area contributed by atoms with Crippen LogP contribution in [0.4, 0.5) is 17.6 Å². The Morgan fingerprint density at radius 3 is 2.38 bits per heavy atom. The lowest BCUT2D eigenvalue weighted by molar-refractivity contribution is -0.122. The van der Waals surface area contributed by atoms with Gasteiger partial charge in [-0.2, -0.15) is 0 Å². The van der Waals surface area contributed by atoms with Crippen molar-refractivity contribution in [3.8, 4) is 0 Å². The quantitative estimate of drug-likeness (QED) is 0.626. The Kier molecular flexibility index (Phi) is 5.86. The Morgan fingerprint density at radius 1 is 1.12 bits per heavy atom. The third kappa shape index (κ3) is 4.51. The topological polar surface area (TPSA) is 62.2 Å². The summed E-state index contributed by atoms with van der Waals surface area (Å²) >= 11 is 0. The molecule has 2 N–H and O–H groups in total. The number of carbonyl (C=O) groups is 1. The van der Waals surface area contributed by atoms with Crippen molar-refractivity contribution in [1.82, 2.24) is 10.3 Å². The summed E-state index contributed by atoms with van der Waals surface area (Å²) in [5.41, 5.74) is 0.402. The standard InChI is InChI=1S/C16H14F4N2O2/c17-11-3-9(6-21-7-11)1-2-15(24)22-14(8-23)10-4-12(18)16(20)13(19)5-10/h3-7,14,23H,1-2,8H2,(H,22,24). The van der Waals surface area contributed by atoms with Crippen LogP contribution in [0.1, 0.15) is 23.6 Å². The van der Waals surface area contributed by atoms with E-state index in [1.54, 1.807) is 0 Å². The number of nitrogens with zero attached hydrogens (tertiary/aromatic N) is 1. The lowest BCUT2D eigenvalue weighted by atomic mass is 10.1. The van der Waals surface area contributed by atoms with Crippen molar-refractivity contribution >= 4 is 5.91 Å². The summed E-state index contributed by atoms with van der Waals surface area (Å²) in [5, 5.41) is 11.7. The molecule has 2 rings (SSSR count). The van der Waals surface area contributed by atoms with Gasteiger partial charge in [0, 0.05) is 12.6 Å². The van der Waals surface area contributed by atoms with E-state index in [2.05, 4.69) is 10.3 Å². The molecule has 4 nitrogen and oxygen atoms in total. The zero-order chi connectivity index (χ0) is 17.7. The molecule has 2 aromatic rings. The van der Waals surface area contributed by atoms with Crippen LogP contribution in [0.5, 0.6) is 0 Å². The summed E-state index contributed by atoms with van der Waals surface area (Å²) in [6.07, 6.45) is 2.59.